The van der Waals surface area contributed by atoms with Crippen molar-refractivity contribution in [2.45, 2.75) is 39.2 Å². The summed E-state index contributed by atoms with van der Waals surface area (Å²) in [5, 5.41) is 6.02. The number of nitrogens with zero attached hydrogens (tertiary/aromatic N) is 1. The van der Waals surface area contributed by atoms with Crippen molar-refractivity contribution in [3.8, 4) is 0 Å². The molecule has 5 heteroatoms. The second kappa shape index (κ2) is 7.36. The molecule has 1 aliphatic heterocycles. The molecule has 1 fully saturated rings. The van der Waals surface area contributed by atoms with Crippen molar-refractivity contribution in [2.75, 3.05) is 26.7 Å². The number of rotatable bonds is 5. The zero-order valence-electron chi connectivity index (χ0n) is 11.7. The number of piperidine rings is 1. The van der Waals surface area contributed by atoms with Gasteiger partial charge in [-0.1, -0.05) is 20.3 Å². The third kappa shape index (κ3) is 5.04. The van der Waals surface area contributed by atoms with Crippen LogP contribution in [0.4, 0.5) is 0 Å². The van der Waals surface area contributed by atoms with Gasteiger partial charge in [0.2, 0.25) is 11.8 Å². The van der Waals surface area contributed by atoms with Crippen LogP contribution in [0.15, 0.2) is 0 Å². The molecule has 0 spiro atoms. The molecule has 2 amide bonds. The van der Waals surface area contributed by atoms with Crippen LogP contribution in [0.3, 0.4) is 0 Å². The van der Waals surface area contributed by atoms with Crippen LogP contribution in [0, 0.1) is 5.92 Å². The molecule has 5 nitrogen and oxygen atoms in total. The van der Waals surface area contributed by atoms with E-state index in [1.165, 1.54) is 4.90 Å². The minimum absolute atomic E-state index is 0.0226. The van der Waals surface area contributed by atoms with Gasteiger partial charge in [0.25, 0.3) is 0 Å². The fraction of sp³-hybridized carbons (Fsp3) is 0.846. The van der Waals surface area contributed by atoms with Gasteiger partial charge in [-0.2, -0.15) is 0 Å². The molecule has 0 saturated carbocycles. The molecule has 1 rings (SSSR count). The summed E-state index contributed by atoms with van der Waals surface area (Å²) in [6.07, 6.45) is 3.08. The van der Waals surface area contributed by atoms with Crippen LogP contribution in [0.1, 0.15) is 33.1 Å². The maximum Gasteiger partial charge on any atom is 0.239 e. The van der Waals surface area contributed by atoms with Crippen LogP contribution >= 0.6 is 0 Å². The summed E-state index contributed by atoms with van der Waals surface area (Å²) < 4.78 is 0. The number of hydrogen-bond acceptors (Lipinski definition) is 3. The van der Waals surface area contributed by atoms with E-state index in [1.54, 1.807) is 7.05 Å². The van der Waals surface area contributed by atoms with Gasteiger partial charge in [0.1, 0.15) is 0 Å². The Morgan fingerprint density at radius 3 is 2.67 bits per heavy atom. The maximum atomic E-state index is 12.1. The summed E-state index contributed by atoms with van der Waals surface area (Å²) in [5.41, 5.74) is 0. The first-order valence-corrected chi connectivity index (χ1v) is 6.75. The molecule has 1 saturated heterocycles. The van der Waals surface area contributed by atoms with E-state index in [-0.39, 0.29) is 24.4 Å². The number of nitrogens with one attached hydrogen (secondary N) is 2. The number of amides is 2. The molecule has 104 valence electrons. The smallest absolute Gasteiger partial charge is 0.239 e. The molecule has 0 aromatic rings. The lowest BCUT2D eigenvalue weighted by molar-refractivity contribution is -0.136. The monoisotopic (exact) mass is 255 g/mol. The highest BCUT2D eigenvalue weighted by molar-refractivity contribution is 5.87. The molecule has 0 aromatic heterocycles. The van der Waals surface area contributed by atoms with Crippen LogP contribution in [0.5, 0.6) is 0 Å². The third-order valence-corrected chi connectivity index (χ3v) is 3.07. The molecule has 1 heterocycles. The average Bonchev–Trinajstić information content (AvgIpc) is 2.36. The van der Waals surface area contributed by atoms with E-state index < -0.39 is 0 Å². The Hall–Kier alpha value is -1.10. The van der Waals surface area contributed by atoms with Crippen molar-refractivity contribution in [2.24, 2.45) is 5.92 Å². The fourth-order valence-electron chi connectivity index (χ4n) is 2.00. The van der Waals surface area contributed by atoms with Crippen LogP contribution in [0.2, 0.25) is 0 Å². The van der Waals surface area contributed by atoms with Gasteiger partial charge in [-0.25, -0.2) is 0 Å². The van der Waals surface area contributed by atoms with Crippen molar-refractivity contribution >= 4 is 11.8 Å². The van der Waals surface area contributed by atoms with Crippen LogP contribution in [-0.4, -0.2) is 49.4 Å². The van der Waals surface area contributed by atoms with E-state index in [4.69, 9.17) is 0 Å². The molecule has 0 aromatic carbocycles. The molecule has 1 atom stereocenters. The quantitative estimate of drug-likeness (QED) is 0.745. The van der Waals surface area contributed by atoms with E-state index in [0.717, 1.165) is 25.8 Å². The lowest BCUT2D eigenvalue weighted by atomic mass is 10.0. The highest BCUT2D eigenvalue weighted by Crippen LogP contribution is 2.08. The summed E-state index contributed by atoms with van der Waals surface area (Å²) in [5.74, 6) is 0.361. The SMILES string of the molecule is CC(C)CNC(=O)CN(C)C(=O)[C@H]1CCCCN1. The van der Waals surface area contributed by atoms with Crippen LogP contribution < -0.4 is 10.6 Å². The number of carbonyl (C=O) groups is 2. The fourth-order valence-corrected chi connectivity index (χ4v) is 2.00. The van der Waals surface area contributed by atoms with Gasteiger partial charge in [0.15, 0.2) is 0 Å². The van der Waals surface area contributed by atoms with Crippen LogP contribution in [0.25, 0.3) is 0 Å². The molecule has 0 aliphatic carbocycles. The van der Waals surface area contributed by atoms with Gasteiger partial charge >= 0.3 is 0 Å². The van der Waals surface area contributed by atoms with Crippen molar-refractivity contribution < 1.29 is 9.59 Å². The van der Waals surface area contributed by atoms with Crippen molar-refractivity contribution in [1.29, 1.82) is 0 Å². The van der Waals surface area contributed by atoms with Gasteiger partial charge in [0.05, 0.1) is 12.6 Å². The summed E-state index contributed by atoms with van der Waals surface area (Å²) in [7, 11) is 1.69. The van der Waals surface area contributed by atoms with Gasteiger partial charge in [-0.15, -0.1) is 0 Å². The van der Waals surface area contributed by atoms with Gasteiger partial charge in [-0.3, -0.25) is 9.59 Å². The summed E-state index contributed by atoms with van der Waals surface area (Å²) >= 11 is 0. The Morgan fingerprint density at radius 2 is 2.11 bits per heavy atom. The molecule has 0 bridgehead atoms. The zero-order chi connectivity index (χ0) is 13.5. The lowest BCUT2D eigenvalue weighted by Crippen LogP contribution is -2.49. The Morgan fingerprint density at radius 1 is 1.39 bits per heavy atom. The van der Waals surface area contributed by atoms with E-state index in [2.05, 4.69) is 10.6 Å². The van der Waals surface area contributed by atoms with Crippen molar-refractivity contribution in [3.05, 3.63) is 0 Å². The Kier molecular flexibility index (Phi) is 6.12. The first-order chi connectivity index (χ1) is 8.50. The van der Waals surface area contributed by atoms with E-state index in [0.29, 0.717) is 12.5 Å². The molecule has 2 N–H and O–H groups in total. The van der Waals surface area contributed by atoms with E-state index >= 15 is 0 Å². The van der Waals surface area contributed by atoms with Gasteiger partial charge in [0, 0.05) is 13.6 Å². The first kappa shape index (κ1) is 15.0. The molecular weight excluding hydrogens is 230 g/mol. The predicted molar refractivity (Wildman–Crippen MR) is 71.1 cm³/mol. The summed E-state index contributed by atoms with van der Waals surface area (Å²) in [4.78, 5) is 25.2. The minimum Gasteiger partial charge on any atom is -0.354 e. The molecular formula is C13H25N3O2. The highest BCUT2D eigenvalue weighted by atomic mass is 16.2. The number of hydrogen-bond donors (Lipinski definition) is 2. The molecule has 0 radical (unpaired) electrons. The van der Waals surface area contributed by atoms with Crippen molar-refractivity contribution in [1.82, 2.24) is 15.5 Å². The normalized spacial score (nSPS) is 19.7. The Labute approximate surface area is 109 Å². The third-order valence-electron chi connectivity index (χ3n) is 3.07. The van der Waals surface area contributed by atoms with E-state index in [1.807, 2.05) is 13.8 Å². The topological polar surface area (TPSA) is 61.4 Å². The molecule has 1 aliphatic rings. The minimum atomic E-state index is -0.110. The molecule has 18 heavy (non-hydrogen) atoms. The largest absolute Gasteiger partial charge is 0.354 e. The predicted octanol–water partition coefficient (Wildman–Crippen LogP) is 0.359. The van der Waals surface area contributed by atoms with Crippen LogP contribution in [-0.2, 0) is 9.59 Å². The number of likely N-dealkylation sites (N-methyl/N-ethyl adjacent to an activating group) is 1. The van der Waals surface area contributed by atoms with Gasteiger partial charge in [-0.05, 0) is 25.3 Å². The Balaban J connectivity index is 2.32. The highest BCUT2D eigenvalue weighted by Gasteiger charge is 2.24. The first-order valence-electron chi connectivity index (χ1n) is 6.75. The van der Waals surface area contributed by atoms with Crippen molar-refractivity contribution in [3.63, 3.8) is 0 Å². The lowest BCUT2D eigenvalue weighted by Gasteiger charge is -2.27. The second-order valence-electron chi connectivity index (χ2n) is 5.39. The Bertz CT molecular complexity index is 286. The average molecular weight is 255 g/mol. The summed E-state index contributed by atoms with van der Waals surface area (Å²) in [6.45, 7) is 5.78. The zero-order valence-corrected chi connectivity index (χ0v) is 11.7. The van der Waals surface area contributed by atoms with Gasteiger partial charge < -0.3 is 15.5 Å². The van der Waals surface area contributed by atoms with E-state index in [9.17, 15) is 9.59 Å². The summed E-state index contributed by atoms with van der Waals surface area (Å²) in [6, 6.07) is -0.110. The maximum absolute atomic E-state index is 12.1. The standard InChI is InChI=1S/C13H25N3O2/c1-10(2)8-15-12(17)9-16(3)13(18)11-6-4-5-7-14-11/h10-11,14H,4-9H2,1-3H3,(H,15,17)/t11-/m1/s1. The molecule has 0 unspecified atom stereocenters. The number of carbonyl (C=O) groups excluding carboxylic acids is 2. The second-order valence-corrected chi connectivity index (χ2v) is 5.39.